The molecule has 2 aromatic carbocycles. The van der Waals surface area contributed by atoms with Gasteiger partial charge in [0.1, 0.15) is 11.5 Å². The lowest BCUT2D eigenvalue weighted by Gasteiger charge is -2.19. The van der Waals surface area contributed by atoms with Crippen LogP contribution in [0.3, 0.4) is 0 Å². The van der Waals surface area contributed by atoms with Gasteiger partial charge < -0.3 is 9.32 Å². The van der Waals surface area contributed by atoms with Crippen LogP contribution in [0.5, 0.6) is 0 Å². The van der Waals surface area contributed by atoms with Crippen LogP contribution in [0.25, 0.3) is 22.4 Å². The van der Waals surface area contributed by atoms with Crippen LogP contribution in [0.1, 0.15) is 21.7 Å². The quantitative estimate of drug-likeness (QED) is 0.447. The van der Waals surface area contributed by atoms with Crippen LogP contribution in [0.2, 0.25) is 5.02 Å². The molecule has 0 atom stereocenters. The lowest BCUT2D eigenvalue weighted by Crippen LogP contribution is -2.26. The summed E-state index contributed by atoms with van der Waals surface area (Å²) in [6.07, 6.45) is 0. The first kappa shape index (κ1) is 18.3. The first-order valence-electron chi connectivity index (χ1n) is 8.98. The van der Waals surface area contributed by atoms with Crippen LogP contribution in [-0.2, 0) is 6.54 Å². The second-order valence-corrected chi connectivity index (χ2v) is 7.21. The number of para-hydroxylation sites is 1. The third kappa shape index (κ3) is 3.64. The van der Waals surface area contributed by atoms with Gasteiger partial charge in [0.15, 0.2) is 5.76 Å². The summed E-state index contributed by atoms with van der Waals surface area (Å²) < 4.78 is 5.72. The Labute approximate surface area is 168 Å². The monoisotopic (exact) mass is 390 g/mol. The van der Waals surface area contributed by atoms with Crippen molar-refractivity contribution in [2.45, 2.75) is 13.5 Å². The van der Waals surface area contributed by atoms with E-state index in [2.05, 4.69) is 4.98 Å². The average molecular weight is 391 g/mol. The number of hydrogen-bond acceptors (Lipinski definition) is 3. The minimum atomic E-state index is -0.0805. The molecule has 2 aromatic heterocycles. The van der Waals surface area contributed by atoms with Gasteiger partial charge in [-0.15, -0.1) is 0 Å². The van der Waals surface area contributed by atoms with Crippen LogP contribution < -0.4 is 0 Å². The third-order valence-corrected chi connectivity index (χ3v) is 4.83. The van der Waals surface area contributed by atoms with Crippen molar-refractivity contribution in [3.8, 4) is 11.5 Å². The molecule has 28 heavy (non-hydrogen) atoms. The molecule has 0 unspecified atom stereocenters. The SMILES string of the molecule is Cc1ccc(-c2cc(C(=O)N(C)Cc3cccc(Cl)c3)c3ccccc3n2)o1. The fraction of sp³-hybridized carbons (Fsp3) is 0.130. The van der Waals surface area contributed by atoms with Gasteiger partial charge in [-0.05, 0) is 48.9 Å². The van der Waals surface area contributed by atoms with Crippen molar-refractivity contribution in [3.63, 3.8) is 0 Å². The highest BCUT2D eigenvalue weighted by Gasteiger charge is 2.18. The average Bonchev–Trinajstić information content (AvgIpc) is 3.13. The number of pyridine rings is 1. The number of carbonyl (C=O) groups excluding carboxylic acids is 1. The van der Waals surface area contributed by atoms with Gasteiger partial charge in [0.2, 0.25) is 0 Å². The second kappa shape index (κ2) is 7.49. The van der Waals surface area contributed by atoms with Crippen molar-refractivity contribution in [1.82, 2.24) is 9.88 Å². The number of aromatic nitrogens is 1. The van der Waals surface area contributed by atoms with E-state index in [1.165, 1.54) is 0 Å². The van der Waals surface area contributed by atoms with Gasteiger partial charge >= 0.3 is 0 Å². The third-order valence-electron chi connectivity index (χ3n) is 4.59. The molecule has 0 aliphatic heterocycles. The molecule has 0 saturated heterocycles. The lowest BCUT2D eigenvalue weighted by molar-refractivity contribution is 0.0787. The van der Waals surface area contributed by atoms with E-state index < -0.39 is 0 Å². The van der Waals surface area contributed by atoms with Gasteiger partial charge in [-0.3, -0.25) is 4.79 Å². The number of benzene rings is 2. The maximum Gasteiger partial charge on any atom is 0.254 e. The van der Waals surface area contributed by atoms with Crippen LogP contribution in [0.15, 0.2) is 71.1 Å². The molecule has 0 N–H and O–H groups in total. The summed E-state index contributed by atoms with van der Waals surface area (Å²) in [6.45, 7) is 2.35. The molecule has 0 aliphatic rings. The molecule has 4 aromatic rings. The highest BCUT2D eigenvalue weighted by Crippen LogP contribution is 2.27. The van der Waals surface area contributed by atoms with Gasteiger partial charge in [0, 0.05) is 24.0 Å². The Morgan fingerprint density at radius 3 is 2.64 bits per heavy atom. The van der Waals surface area contributed by atoms with Crippen molar-refractivity contribution >= 4 is 28.4 Å². The van der Waals surface area contributed by atoms with E-state index in [0.717, 1.165) is 22.2 Å². The standard InChI is InChI=1S/C23H19ClN2O2/c1-15-10-11-22(28-15)21-13-19(18-8-3-4-9-20(18)25-21)23(27)26(2)14-16-6-5-7-17(24)12-16/h3-13H,14H2,1-2H3. The first-order chi connectivity index (χ1) is 13.5. The van der Waals surface area contributed by atoms with Gasteiger partial charge in [0.25, 0.3) is 5.91 Å². The Morgan fingerprint density at radius 2 is 1.89 bits per heavy atom. The Hall–Kier alpha value is -3.11. The van der Waals surface area contributed by atoms with E-state index >= 15 is 0 Å². The number of halogens is 1. The van der Waals surface area contributed by atoms with Crippen LogP contribution >= 0.6 is 11.6 Å². The van der Waals surface area contributed by atoms with Gasteiger partial charge in [-0.2, -0.15) is 0 Å². The van der Waals surface area contributed by atoms with Crippen molar-refractivity contribution in [3.05, 3.63) is 88.6 Å². The topological polar surface area (TPSA) is 46.3 Å². The number of furan rings is 1. The van der Waals surface area contributed by atoms with E-state index in [1.54, 1.807) is 18.0 Å². The summed E-state index contributed by atoms with van der Waals surface area (Å²) in [6, 6.07) is 20.7. The Bertz CT molecular complexity index is 1170. The minimum absolute atomic E-state index is 0.0805. The molecular weight excluding hydrogens is 372 g/mol. The Kier molecular flexibility index (Phi) is 4.88. The number of amides is 1. The van der Waals surface area contributed by atoms with E-state index in [4.69, 9.17) is 16.0 Å². The molecule has 0 bridgehead atoms. The highest BCUT2D eigenvalue weighted by molar-refractivity contribution is 6.30. The van der Waals surface area contributed by atoms with Gasteiger partial charge in [-0.25, -0.2) is 4.98 Å². The molecule has 0 radical (unpaired) electrons. The van der Waals surface area contributed by atoms with Crippen molar-refractivity contribution < 1.29 is 9.21 Å². The summed E-state index contributed by atoms with van der Waals surface area (Å²) in [4.78, 5) is 19.6. The number of rotatable bonds is 4. The molecule has 0 aliphatic carbocycles. The van der Waals surface area contributed by atoms with Crippen molar-refractivity contribution in [1.29, 1.82) is 0 Å². The predicted molar refractivity (Wildman–Crippen MR) is 111 cm³/mol. The molecule has 0 spiro atoms. The zero-order valence-corrected chi connectivity index (χ0v) is 16.4. The van der Waals surface area contributed by atoms with E-state index in [9.17, 15) is 4.79 Å². The van der Waals surface area contributed by atoms with Crippen LogP contribution in [-0.4, -0.2) is 22.8 Å². The highest BCUT2D eigenvalue weighted by atomic mass is 35.5. The lowest BCUT2D eigenvalue weighted by atomic mass is 10.1. The molecule has 1 amide bonds. The first-order valence-corrected chi connectivity index (χ1v) is 9.35. The number of aryl methyl sites for hydroxylation is 1. The smallest absolute Gasteiger partial charge is 0.254 e. The maximum absolute atomic E-state index is 13.3. The summed E-state index contributed by atoms with van der Waals surface area (Å²) in [5, 5.41) is 1.47. The summed E-state index contributed by atoms with van der Waals surface area (Å²) in [5.74, 6) is 1.37. The molecule has 5 heteroatoms. The van der Waals surface area contributed by atoms with Gasteiger partial charge in [0.05, 0.1) is 11.1 Å². The molecule has 2 heterocycles. The molecule has 4 nitrogen and oxygen atoms in total. The van der Waals surface area contributed by atoms with E-state index in [-0.39, 0.29) is 5.91 Å². The Morgan fingerprint density at radius 1 is 1.07 bits per heavy atom. The zero-order chi connectivity index (χ0) is 19.7. The Balaban J connectivity index is 1.74. The molecule has 140 valence electrons. The molecule has 4 rings (SSSR count). The minimum Gasteiger partial charge on any atom is -0.460 e. The molecule has 0 saturated carbocycles. The second-order valence-electron chi connectivity index (χ2n) is 6.77. The predicted octanol–water partition coefficient (Wildman–Crippen LogP) is 5.73. The largest absolute Gasteiger partial charge is 0.460 e. The molecule has 0 fully saturated rings. The van der Waals surface area contributed by atoms with Crippen molar-refractivity contribution in [2.24, 2.45) is 0 Å². The number of fused-ring (bicyclic) bond motifs is 1. The number of nitrogens with zero attached hydrogens (tertiary/aromatic N) is 2. The summed E-state index contributed by atoms with van der Waals surface area (Å²) in [7, 11) is 1.79. The number of hydrogen-bond donors (Lipinski definition) is 0. The fourth-order valence-corrected chi connectivity index (χ4v) is 3.45. The normalized spacial score (nSPS) is 11.0. The summed E-state index contributed by atoms with van der Waals surface area (Å²) >= 11 is 6.07. The van der Waals surface area contributed by atoms with Crippen LogP contribution in [0.4, 0.5) is 0 Å². The van der Waals surface area contributed by atoms with Crippen molar-refractivity contribution in [2.75, 3.05) is 7.05 Å². The van der Waals surface area contributed by atoms with E-state index in [0.29, 0.717) is 28.6 Å². The van der Waals surface area contributed by atoms with Crippen LogP contribution in [0, 0.1) is 6.92 Å². The maximum atomic E-state index is 13.3. The molecular formula is C23H19ClN2O2. The zero-order valence-electron chi connectivity index (χ0n) is 15.6. The van der Waals surface area contributed by atoms with Gasteiger partial charge in [-0.1, -0.05) is 41.9 Å². The summed E-state index contributed by atoms with van der Waals surface area (Å²) in [5.41, 5.74) is 2.97. The number of carbonyl (C=O) groups is 1. The fourth-order valence-electron chi connectivity index (χ4n) is 3.24. The van der Waals surface area contributed by atoms with E-state index in [1.807, 2.05) is 67.6 Å².